The van der Waals surface area contributed by atoms with Gasteiger partial charge in [0.25, 0.3) is 0 Å². The van der Waals surface area contributed by atoms with Crippen molar-refractivity contribution in [3.8, 4) is 0 Å². The van der Waals surface area contributed by atoms with Crippen LogP contribution in [-0.2, 0) is 0 Å². The molecule has 0 radical (unpaired) electrons. The third kappa shape index (κ3) is 7.41. The SMILES string of the molecule is C[N+](C)(C)CC(O)CSCCC(F)(F)C(F)(F)C(F)(F)C(F)(F)C(F)(F)C(F)(F)C(F)(F)C(F)(F)C(F)(F)C(F)(F)C(F)(F)C(F)(F)C(F)(F)C(F)(F)F. The van der Waals surface area contributed by atoms with E-state index in [0.717, 1.165) is 0 Å². The van der Waals surface area contributed by atoms with E-state index in [1.165, 1.54) is 21.1 Å². The molecule has 0 fully saturated rings. The van der Waals surface area contributed by atoms with E-state index in [0.29, 0.717) is 0 Å². The lowest BCUT2D eigenvalue weighted by Crippen LogP contribution is -2.79. The minimum atomic E-state index is -9.94. The zero-order chi connectivity index (χ0) is 44.6. The van der Waals surface area contributed by atoms with Crippen LogP contribution in [0.2, 0.25) is 0 Å². The fourth-order valence-electron chi connectivity index (χ4n) is 3.64. The molecule has 326 valence electrons. The molecule has 0 bridgehead atoms. The highest BCUT2D eigenvalue weighted by Gasteiger charge is 3.00. The van der Waals surface area contributed by atoms with Crippen molar-refractivity contribution in [2.45, 2.75) is 95.7 Å². The molecule has 2 nitrogen and oxygen atoms in total. The smallest absolute Gasteiger partial charge is 0.386 e. The molecule has 0 aromatic carbocycles. The van der Waals surface area contributed by atoms with E-state index in [-0.39, 0.29) is 22.8 Å². The summed E-state index contributed by atoms with van der Waals surface area (Å²) in [7, 11) is 4.19. The Balaban J connectivity index is 7.11. The van der Waals surface area contributed by atoms with Crippen LogP contribution < -0.4 is 0 Å². The second-order valence-corrected chi connectivity index (χ2v) is 13.2. The van der Waals surface area contributed by atoms with Gasteiger partial charge >= 0.3 is 83.2 Å². The van der Waals surface area contributed by atoms with Crippen molar-refractivity contribution in [3.05, 3.63) is 0 Å². The van der Waals surface area contributed by atoms with E-state index in [9.17, 15) is 132 Å². The van der Waals surface area contributed by atoms with Gasteiger partial charge in [0.2, 0.25) is 0 Å². The van der Waals surface area contributed by atoms with E-state index in [1.54, 1.807) is 0 Å². The maximum Gasteiger partial charge on any atom is 0.460 e. The van der Waals surface area contributed by atoms with Crippen molar-refractivity contribution in [2.24, 2.45) is 0 Å². The minimum absolute atomic E-state index is 0.0928. The van der Waals surface area contributed by atoms with Gasteiger partial charge in [0.05, 0.1) is 21.1 Å². The summed E-state index contributed by atoms with van der Waals surface area (Å²) in [4.78, 5) is 0. The number of quaternary nitrogens is 1. The van der Waals surface area contributed by atoms with E-state index in [2.05, 4.69) is 0 Å². The molecule has 0 amide bonds. The van der Waals surface area contributed by atoms with E-state index < -0.39 is 107 Å². The van der Waals surface area contributed by atoms with Gasteiger partial charge in [-0.05, 0) is 5.75 Å². The van der Waals surface area contributed by atoms with Crippen LogP contribution in [0.15, 0.2) is 0 Å². The van der Waals surface area contributed by atoms with E-state index in [4.69, 9.17) is 0 Å². The van der Waals surface area contributed by atoms with Crippen molar-refractivity contribution < 1.29 is 137 Å². The van der Waals surface area contributed by atoms with Crippen LogP contribution in [0.4, 0.5) is 127 Å². The molecule has 0 aromatic heterocycles. The number of halogens is 29. The number of aliphatic hydroxyl groups excluding tert-OH is 1. The predicted octanol–water partition coefficient (Wildman–Crippen LogP) is 10.00. The first-order valence-electron chi connectivity index (χ1n) is 12.9. The molecule has 0 aliphatic carbocycles. The molecular weight excluding hydrogens is 877 g/mol. The molecule has 54 heavy (non-hydrogen) atoms. The number of likely N-dealkylation sites (N-methyl/N-ethyl adjacent to an activating group) is 1. The Hall–Kier alpha value is -1.76. The average molecular weight is 896 g/mol. The van der Waals surface area contributed by atoms with Crippen LogP contribution >= 0.6 is 11.8 Å². The Labute approximate surface area is 284 Å². The van der Waals surface area contributed by atoms with Crippen molar-refractivity contribution >= 4 is 11.8 Å². The predicted molar refractivity (Wildman–Crippen MR) is 121 cm³/mol. The summed E-state index contributed by atoms with van der Waals surface area (Å²) in [5.41, 5.74) is 0. The van der Waals surface area contributed by atoms with Crippen LogP contribution in [0.5, 0.6) is 0 Å². The largest absolute Gasteiger partial charge is 0.460 e. The average Bonchev–Trinajstić information content (AvgIpc) is 2.92. The summed E-state index contributed by atoms with van der Waals surface area (Å²) in [5.74, 6) is -123. The van der Waals surface area contributed by atoms with Gasteiger partial charge in [0.1, 0.15) is 12.6 Å². The molecule has 1 unspecified atom stereocenters. The summed E-state index contributed by atoms with van der Waals surface area (Å²) in [6.45, 7) is -0.261. The standard InChI is InChI=1S/C22H19F29NOS/c1-52(2,3)6-8(53)7-54-5-4-9(23,24)10(25,26)11(27,28)12(29,30)13(31,32)14(33,34)15(35,36)16(37,38)17(39,40)18(41,42)19(43,44)20(45,46)21(47,48)22(49,50)51/h8,53H,4-7H2,1-3H3/q+1. The summed E-state index contributed by atoms with van der Waals surface area (Å²) >= 11 is -0.0975. The highest BCUT2D eigenvalue weighted by atomic mass is 32.2. The Morgan fingerprint density at radius 2 is 0.611 bits per heavy atom. The third-order valence-corrected chi connectivity index (χ3v) is 7.90. The monoisotopic (exact) mass is 896 g/mol. The van der Waals surface area contributed by atoms with Gasteiger partial charge in [-0.25, -0.2) is 0 Å². The minimum Gasteiger partial charge on any atom is -0.386 e. The zero-order valence-corrected chi connectivity index (χ0v) is 26.5. The molecular formula is C22H19F29NOS+. The molecule has 1 N–H and O–H groups in total. The molecule has 0 rings (SSSR count). The Kier molecular flexibility index (Phi) is 13.5. The van der Waals surface area contributed by atoms with Crippen LogP contribution in [0, 0.1) is 0 Å². The Morgan fingerprint density at radius 3 is 0.833 bits per heavy atom. The topological polar surface area (TPSA) is 20.2 Å². The van der Waals surface area contributed by atoms with Crippen LogP contribution in [0.3, 0.4) is 0 Å². The number of rotatable bonds is 19. The molecule has 0 heterocycles. The number of nitrogens with zero attached hydrogens (tertiary/aromatic N) is 1. The number of aliphatic hydroxyl groups is 1. The van der Waals surface area contributed by atoms with Crippen molar-refractivity contribution in [2.75, 3.05) is 39.2 Å². The Bertz CT molecular complexity index is 1300. The second kappa shape index (κ2) is 14.0. The van der Waals surface area contributed by atoms with Crippen LogP contribution in [-0.4, -0.2) is 138 Å². The van der Waals surface area contributed by atoms with Gasteiger partial charge < -0.3 is 9.59 Å². The first-order chi connectivity index (χ1) is 22.9. The maximum absolute atomic E-state index is 14.0. The number of thioether (sulfide) groups is 1. The fourth-order valence-corrected chi connectivity index (χ4v) is 4.59. The first kappa shape index (κ1) is 52.2. The van der Waals surface area contributed by atoms with Crippen LogP contribution in [0.25, 0.3) is 0 Å². The molecule has 1 atom stereocenters. The van der Waals surface area contributed by atoms with Crippen molar-refractivity contribution in [3.63, 3.8) is 0 Å². The van der Waals surface area contributed by atoms with Crippen LogP contribution in [0.1, 0.15) is 6.42 Å². The van der Waals surface area contributed by atoms with E-state index in [1.807, 2.05) is 0 Å². The fraction of sp³-hybridized carbons (Fsp3) is 1.00. The molecule has 0 aromatic rings. The van der Waals surface area contributed by atoms with Crippen molar-refractivity contribution in [1.82, 2.24) is 0 Å². The molecule has 0 aliphatic heterocycles. The highest BCUT2D eigenvalue weighted by molar-refractivity contribution is 7.99. The molecule has 0 spiro atoms. The normalized spacial score (nSPS) is 17.3. The lowest BCUT2D eigenvalue weighted by Gasteiger charge is -2.46. The number of hydrogen-bond acceptors (Lipinski definition) is 2. The van der Waals surface area contributed by atoms with E-state index >= 15 is 0 Å². The van der Waals surface area contributed by atoms with Gasteiger partial charge in [-0.3, -0.25) is 0 Å². The third-order valence-electron chi connectivity index (χ3n) is 6.78. The number of alkyl halides is 29. The highest BCUT2D eigenvalue weighted by Crippen LogP contribution is 2.69. The van der Waals surface area contributed by atoms with Crippen molar-refractivity contribution in [1.29, 1.82) is 0 Å². The molecule has 0 saturated heterocycles. The Morgan fingerprint density at radius 1 is 0.389 bits per heavy atom. The zero-order valence-electron chi connectivity index (χ0n) is 25.7. The summed E-state index contributed by atoms with van der Waals surface area (Å²) < 4.78 is 394. The first-order valence-corrected chi connectivity index (χ1v) is 14.0. The van der Waals surface area contributed by atoms with Gasteiger partial charge in [-0.15, -0.1) is 0 Å². The van der Waals surface area contributed by atoms with Gasteiger partial charge in [0.15, 0.2) is 0 Å². The number of hydrogen-bond donors (Lipinski definition) is 1. The molecule has 32 heteroatoms. The lowest BCUT2D eigenvalue weighted by atomic mass is 9.83. The summed E-state index contributed by atoms with van der Waals surface area (Å²) in [6, 6.07) is 0. The van der Waals surface area contributed by atoms with Gasteiger partial charge in [0, 0.05) is 12.2 Å². The summed E-state index contributed by atoms with van der Waals surface area (Å²) in [6.07, 6.45) is -12.7. The van der Waals surface area contributed by atoms with Gasteiger partial charge in [-0.1, -0.05) is 0 Å². The maximum atomic E-state index is 14.0. The lowest BCUT2D eigenvalue weighted by molar-refractivity contribution is -0.873. The summed E-state index contributed by atoms with van der Waals surface area (Å²) in [5, 5.41) is 9.64. The van der Waals surface area contributed by atoms with Gasteiger partial charge in [-0.2, -0.15) is 139 Å². The second-order valence-electron chi connectivity index (χ2n) is 12.0. The molecule has 0 saturated carbocycles. The quantitative estimate of drug-likeness (QED) is 0.0792. The molecule has 0 aliphatic rings.